The third-order valence-corrected chi connectivity index (χ3v) is 4.58. The van der Waals surface area contributed by atoms with Crippen LogP contribution in [-0.2, 0) is 0 Å². The number of methoxy groups -OCH3 is 1. The highest BCUT2D eigenvalue weighted by Gasteiger charge is 2.22. The van der Waals surface area contributed by atoms with E-state index in [0.717, 1.165) is 41.4 Å². The molecule has 3 aromatic rings. The SMILES string of the molecule is COc1cccc(-c2nc([C@@H]3CCCNC3)n3ccccc23)c1. The van der Waals surface area contributed by atoms with Gasteiger partial charge >= 0.3 is 0 Å². The smallest absolute Gasteiger partial charge is 0.119 e. The Kier molecular flexibility index (Phi) is 3.75. The standard InChI is InChI=1S/C19H21N3O/c1-23-16-8-4-6-14(12-16)18-17-9-2-3-11-22(17)19(21-18)15-7-5-10-20-13-15/h2-4,6,8-9,11-12,15,20H,5,7,10,13H2,1H3/t15-/m1/s1. The second-order valence-corrected chi connectivity index (χ2v) is 6.05. The van der Waals surface area contributed by atoms with E-state index in [1.807, 2.05) is 12.1 Å². The number of hydrogen-bond acceptors (Lipinski definition) is 3. The Bertz CT molecular complexity index is 818. The summed E-state index contributed by atoms with van der Waals surface area (Å²) in [4.78, 5) is 5.03. The quantitative estimate of drug-likeness (QED) is 0.805. The van der Waals surface area contributed by atoms with E-state index in [4.69, 9.17) is 9.72 Å². The zero-order valence-electron chi connectivity index (χ0n) is 13.3. The van der Waals surface area contributed by atoms with Gasteiger partial charge < -0.3 is 14.5 Å². The van der Waals surface area contributed by atoms with Crippen molar-refractivity contribution < 1.29 is 4.74 Å². The van der Waals surface area contributed by atoms with E-state index in [2.05, 4.69) is 46.2 Å². The molecule has 0 unspecified atom stereocenters. The maximum atomic E-state index is 5.37. The number of ether oxygens (including phenoxy) is 1. The molecular weight excluding hydrogens is 286 g/mol. The number of nitrogens with one attached hydrogen (secondary N) is 1. The molecule has 4 heteroatoms. The van der Waals surface area contributed by atoms with Crippen LogP contribution in [0.5, 0.6) is 5.75 Å². The van der Waals surface area contributed by atoms with Crippen molar-refractivity contribution in [3.63, 3.8) is 0 Å². The van der Waals surface area contributed by atoms with Gasteiger partial charge in [-0.05, 0) is 43.7 Å². The van der Waals surface area contributed by atoms with Crippen LogP contribution in [0, 0.1) is 0 Å². The number of nitrogens with zero attached hydrogens (tertiary/aromatic N) is 2. The van der Waals surface area contributed by atoms with Gasteiger partial charge in [-0.3, -0.25) is 0 Å². The number of fused-ring (bicyclic) bond motifs is 1. The molecule has 0 aliphatic carbocycles. The van der Waals surface area contributed by atoms with Crippen molar-refractivity contribution in [2.75, 3.05) is 20.2 Å². The first-order valence-electron chi connectivity index (χ1n) is 8.19. The van der Waals surface area contributed by atoms with E-state index in [1.54, 1.807) is 7.11 Å². The Labute approximate surface area is 136 Å². The van der Waals surface area contributed by atoms with E-state index in [0.29, 0.717) is 5.92 Å². The normalized spacial score (nSPS) is 18.2. The van der Waals surface area contributed by atoms with Gasteiger partial charge in [0, 0.05) is 24.2 Å². The highest BCUT2D eigenvalue weighted by Crippen LogP contribution is 2.31. The molecule has 0 amide bonds. The number of piperidine rings is 1. The summed E-state index contributed by atoms with van der Waals surface area (Å²) in [7, 11) is 1.70. The van der Waals surface area contributed by atoms with Gasteiger partial charge in [-0.2, -0.15) is 0 Å². The summed E-state index contributed by atoms with van der Waals surface area (Å²) in [6.07, 6.45) is 4.52. The third-order valence-electron chi connectivity index (χ3n) is 4.58. The molecule has 1 aliphatic heterocycles. The van der Waals surface area contributed by atoms with Crippen LogP contribution in [0.25, 0.3) is 16.8 Å². The first-order chi connectivity index (χ1) is 11.4. The largest absolute Gasteiger partial charge is 0.497 e. The zero-order chi connectivity index (χ0) is 15.6. The summed E-state index contributed by atoms with van der Waals surface area (Å²) in [5.41, 5.74) is 3.29. The van der Waals surface area contributed by atoms with Crippen LogP contribution in [-0.4, -0.2) is 29.6 Å². The predicted molar refractivity (Wildman–Crippen MR) is 92.0 cm³/mol. The molecule has 1 N–H and O–H groups in total. The maximum Gasteiger partial charge on any atom is 0.119 e. The maximum absolute atomic E-state index is 5.37. The fourth-order valence-electron chi connectivity index (χ4n) is 3.40. The minimum atomic E-state index is 0.470. The lowest BCUT2D eigenvalue weighted by Crippen LogP contribution is -2.29. The summed E-state index contributed by atoms with van der Waals surface area (Å²) < 4.78 is 7.61. The van der Waals surface area contributed by atoms with Crippen molar-refractivity contribution in [2.24, 2.45) is 0 Å². The number of aromatic nitrogens is 2. The summed E-state index contributed by atoms with van der Waals surface area (Å²) in [6.45, 7) is 2.12. The van der Waals surface area contributed by atoms with Crippen molar-refractivity contribution in [3.05, 3.63) is 54.5 Å². The topological polar surface area (TPSA) is 38.6 Å². The second kappa shape index (κ2) is 6.05. The first-order valence-corrected chi connectivity index (χ1v) is 8.19. The summed E-state index contributed by atoms with van der Waals surface area (Å²) in [5.74, 6) is 2.49. The molecule has 0 saturated carbocycles. The molecule has 1 aliphatic rings. The minimum absolute atomic E-state index is 0.470. The highest BCUT2D eigenvalue weighted by molar-refractivity contribution is 5.78. The molecule has 4 rings (SSSR count). The average molecular weight is 307 g/mol. The van der Waals surface area contributed by atoms with Gasteiger partial charge in [-0.25, -0.2) is 4.98 Å². The molecule has 118 valence electrons. The molecule has 0 bridgehead atoms. The fourth-order valence-corrected chi connectivity index (χ4v) is 3.40. The van der Waals surface area contributed by atoms with Gasteiger partial charge in [-0.15, -0.1) is 0 Å². The van der Waals surface area contributed by atoms with E-state index in [1.165, 1.54) is 12.8 Å². The van der Waals surface area contributed by atoms with Crippen LogP contribution in [0.4, 0.5) is 0 Å². The fraction of sp³-hybridized carbons (Fsp3) is 0.316. The van der Waals surface area contributed by atoms with E-state index in [-0.39, 0.29) is 0 Å². The van der Waals surface area contributed by atoms with Gasteiger partial charge in [0.2, 0.25) is 0 Å². The van der Waals surface area contributed by atoms with Crippen LogP contribution in [0.15, 0.2) is 48.7 Å². The second-order valence-electron chi connectivity index (χ2n) is 6.05. The van der Waals surface area contributed by atoms with Crippen molar-refractivity contribution in [2.45, 2.75) is 18.8 Å². The van der Waals surface area contributed by atoms with E-state index < -0.39 is 0 Å². The van der Waals surface area contributed by atoms with Gasteiger partial charge in [0.05, 0.1) is 18.3 Å². The van der Waals surface area contributed by atoms with Gasteiger partial charge in [0.1, 0.15) is 11.6 Å². The molecule has 0 radical (unpaired) electrons. The third kappa shape index (κ3) is 2.59. The lowest BCUT2D eigenvalue weighted by molar-refractivity contribution is 0.415. The molecule has 3 heterocycles. The van der Waals surface area contributed by atoms with Gasteiger partial charge in [0.15, 0.2) is 0 Å². The zero-order valence-corrected chi connectivity index (χ0v) is 13.3. The summed E-state index contributed by atoms with van der Waals surface area (Å²) in [5, 5.41) is 3.49. The minimum Gasteiger partial charge on any atom is -0.497 e. The molecule has 4 nitrogen and oxygen atoms in total. The van der Waals surface area contributed by atoms with Crippen molar-refractivity contribution in [3.8, 4) is 17.0 Å². The van der Waals surface area contributed by atoms with Gasteiger partial charge in [-0.1, -0.05) is 18.2 Å². The number of rotatable bonds is 3. The molecular formula is C19H21N3O. The van der Waals surface area contributed by atoms with Crippen LogP contribution in [0.1, 0.15) is 24.6 Å². The molecule has 2 aromatic heterocycles. The van der Waals surface area contributed by atoms with E-state index >= 15 is 0 Å². The Balaban J connectivity index is 1.86. The predicted octanol–water partition coefficient (Wildman–Crippen LogP) is 3.48. The number of imidazole rings is 1. The highest BCUT2D eigenvalue weighted by atomic mass is 16.5. The molecule has 1 saturated heterocycles. The Morgan fingerprint density at radius 3 is 3.00 bits per heavy atom. The molecule has 1 aromatic carbocycles. The van der Waals surface area contributed by atoms with Crippen molar-refractivity contribution in [1.82, 2.24) is 14.7 Å². The number of hydrogen-bond donors (Lipinski definition) is 1. The van der Waals surface area contributed by atoms with Crippen LogP contribution in [0.2, 0.25) is 0 Å². The first kappa shape index (κ1) is 14.3. The molecule has 0 spiro atoms. The lowest BCUT2D eigenvalue weighted by Gasteiger charge is -2.21. The molecule has 23 heavy (non-hydrogen) atoms. The van der Waals surface area contributed by atoms with Crippen molar-refractivity contribution in [1.29, 1.82) is 0 Å². The lowest BCUT2D eigenvalue weighted by atomic mass is 9.99. The monoisotopic (exact) mass is 307 g/mol. The van der Waals surface area contributed by atoms with Crippen molar-refractivity contribution >= 4 is 5.52 Å². The number of benzene rings is 1. The van der Waals surface area contributed by atoms with Crippen LogP contribution in [0.3, 0.4) is 0 Å². The molecule has 1 atom stereocenters. The van der Waals surface area contributed by atoms with Gasteiger partial charge in [0.25, 0.3) is 0 Å². The number of pyridine rings is 1. The molecule has 1 fully saturated rings. The Morgan fingerprint density at radius 1 is 1.22 bits per heavy atom. The van der Waals surface area contributed by atoms with E-state index in [9.17, 15) is 0 Å². The Morgan fingerprint density at radius 2 is 2.17 bits per heavy atom. The Hall–Kier alpha value is -2.33. The summed E-state index contributed by atoms with van der Waals surface area (Å²) in [6, 6.07) is 14.4. The summed E-state index contributed by atoms with van der Waals surface area (Å²) >= 11 is 0. The van der Waals surface area contributed by atoms with Crippen LogP contribution < -0.4 is 10.1 Å². The van der Waals surface area contributed by atoms with Crippen LogP contribution >= 0.6 is 0 Å². The average Bonchev–Trinajstić information content (AvgIpc) is 3.02.